The van der Waals surface area contributed by atoms with Crippen LogP contribution >= 0.6 is 27.7 Å². The van der Waals surface area contributed by atoms with Crippen LogP contribution in [0.25, 0.3) is 0 Å². The van der Waals surface area contributed by atoms with E-state index < -0.39 is 24.3 Å². The number of carbonyl (C=O) groups excluding carboxylic acids is 2. The molecule has 0 aliphatic heterocycles. The lowest BCUT2D eigenvalue weighted by Gasteiger charge is -2.08. The molecule has 0 bridgehead atoms. The van der Waals surface area contributed by atoms with Crippen molar-refractivity contribution in [3.63, 3.8) is 0 Å². The summed E-state index contributed by atoms with van der Waals surface area (Å²) in [6, 6.07) is 11.1. The SMILES string of the molecule is CSc1ccc(C(=O)OCC(=O)Nc2ccc(Br)cc2F)cc1. The van der Waals surface area contributed by atoms with Gasteiger partial charge in [0.1, 0.15) is 5.82 Å². The molecule has 2 aromatic carbocycles. The molecule has 0 saturated carbocycles. The first-order valence-corrected chi connectivity index (χ1v) is 8.57. The molecule has 0 fully saturated rings. The van der Waals surface area contributed by atoms with Crippen LogP contribution in [0, 0.1) is 5.82 Å². The Bertz CT molecular complexity index is 722. The Morgan fingerprint density at radius 3 is 2.52 bits per heavy atom. The smallest absolute Gasteiger partial charge is 0.338 e. The van der Waals surface area contributed by atoms with Gasteiger partial charge in [0.2, 0.25) is 0 Å². The Labute approximate surface area is 145 Å². The van der Waals surface area contributed by atoms with E-state index in [1.807, 2.05) is 6.26 Å². The van der Waals surface area contributed by atoms with E-state index in [-0.39, 0.29) is 5.69 Å². The number of hydrogen-bond donors (Lipinski definition) is 1. The Kier molecular flexibility index (Phi) is 6.18. The quantitative estimate of drug-likeness (QED) is 0.609. The van der Waals surface area contributed by atoms with Crippen LogP contribution in [-0.2, 0) is 9.53 Å². The van der Waals surface area contributed by atoms with Gasteiger partial charge < -0.3 is 10.1 Å². The Hall–Kier alpha value is -1.86. The maximum absolute atomic E-state index is 13.6. The number of halogens is 2. The third-order valence-electron chi connectivity index (χ3n) is 2.87. The molecule has 1 N–H and O–H groups in total. The second-order valence-electron chi connectivity index (χ2n) is 4.48. The Morgan fingerprint density at radius 2 is 1.91 bits per heavy atom. The molecule has 0 saturated heterocycles. The summed E-state index contributed by atoms with van der Waals surface area (Å²) in [4.78, 5) is 24.6. The number of benzene rings is 2. The average molecular weight is 398 g/mol. The number of nitrogens with one attached hydrogen (secondary N) is 1. The van der Waals surface area contributed by atoms with E-state index in [1.165, 1.54) is 12.1 Å². The van der Waals surface area contributed by atoms with Crippen LogP contribution < -0.4 is 5.32 Å². The van der Waals surface area contributed by atoms with E-state index in [4.69, 9.17) is 4.74 Å². The van der Waals surface area contributed by atoms with Crippen molar-refractivity contribution < 1.29 is 18.7 Å². The van der Waals surface area contributed by atoms with Gasteiger partial charge >= 0.3 is 5.97 Å². The number of ether oxygens (including phenoxy) is 1. The van der Waals surface area contributed by atoms with Gasteiger partial charge in [0, 0.05) is 9.37 Å². The molecule has 2 aromatic rings. The van der Waals surface area contributed by atoms with Crippen molar-refractivity contribution >= 4 is 45.3 Å². The number of esters is 1. The summed E-state index contributed by atoms with van der Waals surface area (Å²) in [5.41, 5.74) is 0.379. The van der Waals surface area contributed by atoms with E-state index in [1.54, 1.807) is 42.1 Å². The maximum Gasteiger partial charge on any atom is 0.338 e. The van der Waals surface area contributed by atoms with Gasteiger partial charge in [-0.3, -0.25) is 4.79 Å². The summed E-state index contributed by atoms with van der Waals surface area (Å²) in [6.07, 6.45) is 1.93. The number of anilines is 1. The standard InChI is InChI=1S/C16H13BrFNO3S/c1-23-12-5-2-10(3-6-12)16(21)22-9-15(20)19-14-7-4-11(17)8-13(14)18/h2-8H,9H2,1H3,(H,19,20). The van der Waals surface area contributed by atoms with Gasteiger partial charge in [0.15, 0.2) is 6.61 Å². The van der Waals surface area contributed by atoms with Crippen LogP contribution in [-0.4, -0.2) is 24.7 Å². The van der Waals surface area contributed by atoms with Crippen molar-refractivity contribution in [2.24, 2.45) is 0 Å². The van der Waals surface area contributed by atoms with Crippen LogP contribution in [0.1, 0.15) is 10.4 Å². The van der Waals surface area contributed by atoms with Crippen molar-refractivity contribution in [3.8, 4) is 0 Å². The molecule has 0 radical (unpaired) electrons. The summed E-state index contributed by atoms with van der Waals surface area (Å²) in [5, 5.41) is 2.35. The Morgan fingerprint density at radius 1 is 1.22 bits per heavy atom. The first-order chi connectivity index (χ1) is 11.0. The number of rotatable bonds is 5. The maximum atomic E-state index is 13.6. The van der Waals surface area contributed by atoms with Crippen LogP contribution in [0.3, 0.4) is 0 Å². The van der Waals surface area contributed by atoms with E-state index in [0.29, 0.717) is 10.0 Å². The minimum absolute atomic E-state index is 0.0265. The third kappa shape index (κ3) is 5.07. The Balaban J connectivity index is 1.89. The van der Waals surface area contributed by atoms with Crippen molar-refractivity contribution in [1.82, 2.24) is 0 Å². The van der Waals surface area contributed by atoms with Gasteiger partial charge in [0.25, 0.3) is 5.91 Å². The second kappa shape index (κ2) is 8.12. The van der Waals surface area contributed by atoms with Crippen molar-refractivity contribution in [2.75, 3.05) is 18.2 Å². The highest BCUT2D eigenvalue weighted by Gasteiger charge is 2.12. The minimum atomic E-state index is -0.611. The minimum Gasteiger partial charge on any atom is -0.452 e. The van der Waals surface area contributed by atoms with Gasteiger partial charge in [-0.1, -0.05) is 15.9 Å². The van der Waals surface area contributed by atoms with Gasteiger partial charge in [-0.05, 0) is 48.7 Å². The molecule has 7 heteroatoms. The molecule has 0 atom stereocenters. The molecular formula is C16H13BrFNO3S. The van der Waals surface area contributed by atoms with Crippen molar-refractivity contribution in [2.45, 2.75) is 4.90 Å². The van der Waals surface area contributed by atoms with Crippen LogP contribution in [0.15, 0.2) is 51.8 Å². The molecule has 23 heavy (non-hydrogen) atoms. The average Bonchev–Trinajstić information content (AvgIpc) is 2.55. The predicted molar refractivity (Wildman–Crippen MR) is 91.2 cm³/mol. The van der Waals surface area contributed by atoms with Gasteiger partial charge in [-0.2, -0.15) is 0 Å². The topological polar surface area (TPSA) is 55.4 Å². The molecule has 0 aliphatic carbocycles. The fourth-order valence-corrected chi connectivity index (χ4v) is 2.46. The largest absolute Gasteiger partial charge is 0.452 e. The number of carbonyl (C=O) groups is 2. The highest BCUT2D eigenvalue weighted by Crippen LogP contribution is 2.19. The first kappa shape index (κ1) is 17.5. The fraction of sp³-hybridized carbons (Fsp3) is 0.125. The molecule has 0 unspecified atom stereocenters. The molecule has 0 aromatic heterocycles. The molecule has 2 rings (SSSR count). The van der Waals surface area contributed by atoms with Crippen LogP contribution in [0.2, 0.25) is 0 Å². The van der Waals surface area contributed by atoms with E-state index in [2.05, 4.69) is 21.2 Å². The molecule has 0 spiro atoms. The molecule has 120 valence electrons. The molecular weight excluding hydrogens is 385 g/mol. The van der Waals surface area contributed by atoms with Crippen molar-refractivity contribution in [1.29, 1.82) is 0 Å². The van der Waals surface area contributed by atoms with E-state index in [0.717, 1.165) is 4.90 Å². The van der Waals surface area contributed by atoms with Crippen LogP contribution in [0.4, 0.5) is 10.1 Å². The molecule has 0 heterocycles. The number of thioether (sulfide) groups is 1. The van der Waals surface area contributed by atoms with E-state index >= 15 is 0 Å². The van der Waals surface area contributed by atoms with Crippen molar-refractivity contribution in [3.05, 3.63) is 58.3 Å². The molecule has 0 aliphatic rings. The highest BCUT2D eigenvalue weighted by atomic mass is 79.9. The summed E-state index contributed by atoms with van der Waals surface area (Å²) in [6.45, 7) is -0.487. The fourth-order valence-electron chi connectivity index (χ4n) is 1.72. The van der Waals surface area contributed by atoms with Crippen LogP contribution in [0.5, 0.6) is 0 Å². The lowest BCUT2D eigenvalue weighted by molar-refractivity contribution is -0.119. The molecule has 4 nitrogen and oxygen atoms in total. The zero-order valence-corrected chi connectivity index (χ0v) is 14.5. The lowest BCUT2D eigenvalue weighted by atomic mass is 10.2. The zero-order chi connectivity index (χ0) is 16.8. The van der Waals surface area contributed by atoms with Gasteiger partial charge in [0.05, 0.1) is 11.3 Å². The molecule has 1 amide bonds. The summed E-state index contributed by atoms with van der Waals surface area (Å²) in [7, 11) is 0. The highest BCUT2D eigenvalue weighted by molar-refractivity contribution is 9.10. The summed E-state index contributed by atoms with van der Waals surface area (Å²) < 4.78 is 19.1. The second-order valence-corrected chi connectivity index (χ2v) is 6.27. The van der Waals surface area contributed by atoms with Gasteiger partial charge in [-0.25, -0.2) is 9.18 Å². The predicted octanol–water partition coefficient (Wildman–Crippen LogP) is 4.11. The normalized spacial score (nSPS) is 10.2. The number of hydrogen-bond acceptors (Lipinski definition) is 4. The number of amides is 1. The van der Waals surface area contributed by atoms with E-state index in [9.17, 15) is 14.0 Å². The first-order valence-electron chi connectivity index (χ1n) is 6.55. The van der Waals surface area contributed by atoms with Gasteiger partial charge in [-0.15, -0.1) is 11.8 Å². The summed E-state index contributed by atoms with van der Waals surface area (Å²) >= 11 is 4.68. The summed E-state index contributed by atoms with van der Waals surface area (Å²) in [5.74, 6) is -1.80. The zero-order valence-electron chi connectivity index (χ0n) is 12.1. The monoisotopic (exact) mass is 397 g/mol. The third-order valence-corrected chi connectivity index (χ3v) is 4.10. The lowest BCUT2D eigenvalue weighted by Crippen LogP contribution is -2.21.